The fourth-order valence-corrected chi connectivity index (χ4v) is 2.95. The summed E-state index contributed by atoms with van der Waals surface area (Å²) < 4.78 is 9.81. The first-order valence-electron chi connectivity index (χ1n) is 8.66. The summed E-state index contributed by atoms with van der Waals surface area (Å²) in [5.41, 5.74) is 0.264. The van der Waals surface area contributed by atoms with Gasteiger partial charge in [-0.2, -0.15) is 0 Å². The highest BCUT2D eigenvalue weighted by Crippen LogP contribution is 2.16. The summed E-state index contributed by atoms with van der Waals surface area (Å²) in [6, 6.07) is 9.71. The third kappa shape index (κ3) is 7.62. The van der Waals surface area contributed by atoms with Crippen molar-refractivity contribution < 1.29 is 28.7 Å². The van der Waals surface area contributed by atoms with Gasteiger partial charge in [-0.25, -0.2) is 4.79 Å². The van der Waals surface area contributed by atoms with Gasteiger partial charge < -0.3 is 20.1 Å². The lowest BCUT2D eigenvalue weighted by atomic mass is 10.2. The zero-order chi connectivity index (χ0) is 21.1. The molecule has 2 rings (SSSR count). The van der Waals surface area contributed by atoms with E-state index < -0.39 is 37.0 Å². The van der Waals surface area contributed by atoms with Crippen LogP contribution in [0.4, 0.5) is 4.79 Å². The number of imide groups is 1. The SMILES string of the molecule is COc1ccccc1C(=O)NCC(=O)OCC(=O)NC(=O)NCCc1cccs1. The van der Waals surface area contributed by atoms with E-state index in [1.165, 1.54) is 7.11 Å². The molecule has 0 bridgehead atoms. The molecule has 0 radical (unpaired) electrons. The Bertz CT molecular complexity index is 853. The molecule has 0 aliphatic carbocycles. The molecule has 0 saturated heterocycles. The van der Waals surface area contributed by atoms with Gasteiger partial charge in [0.1, 0.15) is 12.3 Å². The molecule has 0 aliphatic rings. The number of ether oxygens (including phenoxy) is 2. The maximum atomic E-state index is 12.1. The second-order valence-electron chi connectivity index (χ2n) is 5.68. The number of urea groups is 1. The van der Waals surface area contributed by atoms with Crippen molar-refractivity contribution in [3.63, 3.8) is 0 Å². The lowest BCUT2D eigenvalue weighted by molar-refractivity contribution is -0.147. The van der Waals surface area contributed by atoms with Crippen LogP contribution in [0, 0.1) is 0 Å². The van der Waals surface area contributed by atoms with E-state index in [1.54, 1.807) is 35.6 Å². The summed E-state index contributed by atoms with van der Waals surface area (Å²) in [7, 11) is 1.43. The third-order valence-corrected chi connectivity index (χ3v) is 4.54. The van der Waals surface area contributed by atoms with Crippen molar-refractivity contribution in [3.8, 4) is 5.75 Å². The molecular weight excluding hydrogens is 398 g/mol. The highest BCUT2D eigenvalue weighted by Gasteiger charge is 2.14. The molecule has 2 aromatic rings. The normalized spacial score (nSPS) is 9.97. The Morgan fingerprint density at radius 3 is 2.55 bits per heavy atom. The Labute approximate surface area is 171 Å². The van der Waals surface area contributed by atoms with Crippen LogP contribution in [0.15, 0.2) is 41.8 Å². The maximum absolute atomic E-state index is 12.1. The van der Waals surface area contributed by atoms with E-state index in [0.29, 0.717) is 18.7 Å². The van der Waals surface area contributed by atoms with Gasteiger partial charge in [0.05, 0.1) is 12.7 Å². The lowest BCUT2D eigenvalue weighted by Crippen LogP contribution is -2.42. The third-order valence-electron chi connectivity index (χ3n) is 3.60. The minimum absolute atomic E-state index is 0.264. The van der Waals surface area contributed by atoms with Gasteiger partial charge in [0.2, 0.25) is 0 Å². The van der Waals surface area contributed by atoms with E-state index in [4.69, 9.17) is 9.47 Å². The van der Waals surface area contributed by atoms with Crippen molar-refractivity contribution >= 4 is 35.2 Å². The topological polar surface area (TPSA) is 123 Å². The molecule has 4 amide bonds. The standard InChI is InChI=1S/C19H21N3O6S/c1-27-15-7-3-2-6-14(15)18(25)21-11-17(24)28-12-16(23)22-19(26)20-9-8-13-5-4-10-29-13/h2-7,10H,8-9,11-12H2,1H3,(H,21,25)(H2,20,22,23,26). The number of hydrogen-bond donors (Lipinski definition) is 3. The molecule has 10 heteroatoms. The van der Waals surface area contributed by atoms with Gasteiger partial charge in [0.15, 0.2) is 6.61 Å². The monoisotopic (exact) mass is 419 g/mol. The van der Waals surface area contributed by atoms with Crippen LogP contribution in [-0.4, -0.2) is 50.6 Å². The average Bonchev–Trinajstić information content (AvgIpc) is 3.23. The Kier molecular flexibility index (Phi) is 8.64. The number of methoxy groups -OCH3 is 1. The smallest absolute Gasteiger partial charge is 0.325 e. The van der Waals surface area contributed by atoms with Crippen LogP contribution in [-0.2, 0) is 20.7 Å². The van der Waals surface area contributed by atoms with E-state index in [1.807, 2.05) is 17.5 Å². The minimum atomic E-state index is -0.818. The second-order valence-corrected chi connectivity index (χ2v) is 6.71. The number of hydrogen-bond acceptors (Lipinski definition) is 7. The van der Waals surface area contributed by atoms with Crippen LogP contribution < -0.4 is 20.7 Å². The van der Waals surface area contributed by atoms with Crippen LogP contribution in [0.5, 0.6) is 5.75 Å². The molecule has 0 saturated carbocycles. The molecule has 1 aromatic carbocycles. The highest BCUT2D eigenvalue weighted by atomic mass is 32.1. The highest BCUT2D eigenvalue weighted by molar-refractivity contribution is 7.09. The molecule has 1 heterocycles. The number of nitrogens with one attached hydrogen (secondary N) is 3. The zero-order valence-electron chi connectivity index (χ0n) is 15.7. The van der Waals surface area contributed by atoms with Gasteiger partial charge in [-0.15, -0.1) is 11.3 Å². The van der Waals surface area contributed by atoms with E-state index in [-0.39, 0.29) is 5.56 Å². The summed E-state index contributed by atoms with van der Waals surface area (Å²) in [5, 5.41) is 8.90. The van der Waals surface area contributed by atoms with Crippen molar-refractivity contribution in [1.29, 1.82) is 0 Å². The van der Waals surface area contributed by atoms with Gasteiger partial charge in [-0.05, 0) is 30.0 Å². The summed E-state index contributed by atoms with van der Waals surface area (Å²) in [6.07, 6.45) is 0.653. The molecule has 0 fully saturated rings. The first-order valence-corrected chi connectivity index (χ1v) is 9.54. The van der Waals surface area contributed by atoms with Gasteiger partial charge in [0, 0.05) is 11.4 Å². The fourth-order valence-electron chi connectivity index (χ4n) is 2.24. The number of esters is 1. The number of carbonyl (C=O) groups excluding carboxylic acids is 4. The van der Waals surface area contributed by atoms with Crippen molar-refractivity contribution in [2.45, 2.75) is 6.42 Å². The first kappa shape index (κ1) is 21.9. The largest absolute Gasteiger partial charge is 0.496 e. The molecule has 0 unspecified atom stereocenters. The predicted molar refractivity (Wildman–Crippen MR) is 106 cm³/mol. The van der Waals surface area contributed by atoms with Crippen LogP contribution in [0.25, 0.3) is 0 Å². The molecule has 3 N–H and O–H groups in total. The first-order chi connectivity index (χ1) is 14.0. The minimum Gasteiger partial charge on any atom is -0.496 e. The van der Waals surface area contributed by atoms with Gasteiger partial charge in [-0.3, -0.25) is 19.7 Å². The van der Waals surface area contributed by atoms with Crippen molar-refractivity contribution in [2.75, 3.05) is 26.8 Å². The van der Waals surface area contributed by atoms with Crippen molar-refractivity contribution in [2.24, 2.45) is 0 Å². The Hall–Kier alpha value is -3.40. The molecule has 29 heavy (non-hydrogen) atoms. The molecule has 9 nitrogen and oxygen atoms in total. The van der Waals surface area contributed by atoms with Crippen LogP contribution in [0.1, 0.15) is 15.2 Å². The number of rotatable bonds is 9. The molecule has 0 atom stereocenters. The Morgan fingerprint density at radius 2 is 1.83 bits per heavy atom. The number of carbonyl (C=O) groups is 4. The summed E-state index contributed by atoms with van der Waals surface area (Å²) in [5.74, 6) is -1.75. The summed E-state index contributed by atoms with van der Waals surface area (Å²) >= 11 is 1.57. The van der Waals surface area contributed by atoms with Crippen LogP contribution in [0.2, 0.25) is 0 Å². The van der Waals surface area contributed by atoms with E-state index in [9.17, 15) is 19.2 Å². The van der Waals surface area contributed by atoms with Crippen LogP contribution >= 0.6 is 11.3 Å². The van der Waals surface area contributed by atoms with Crippen molar-refractivity contribution in [3.05, 3.63) is 52.2 Å². The van der Waals surface area contributed by atoms with Gasteiger partial charge in [-0.1, -0.05) is 18.2 Å². The number of thiophene rings is 1. The molecule has 154 valence electrons. The zero-order valence-corrected chi connectivity index (χ0v) is 16.5. The van der Waals surface area contributed by atoms with Gasteiger partial charge >= 0.3 is 12.0 Å². The number of para-hydroxylation sites is 1. The second kappa shape index (κ2) is 11.4. The molecule has 0 aliphatic heterocycles. The molecular formula is C19H21N3O6S. The number of benzene rings is 1. The number of amides is 4. The van der Waals surface area contributed by atoms with E-state index >= 15 is 0 Å². The maximum Gasteiger partial charge on any atom is 0.325 e. The summed E-state index contributed by atoms with van der Waals surface area (Å²) in [4.78, 5) is 48.1. The molecule has 1 aromatic heterocycles. The average molecular weight is 419 g/mol. The van der Waals surface area contributed by atoms with E-state index in [0.717, 1.165) is 4.88 Å². The Balaban J connectivity index is 1.63. The fraction of sp³-hybridized carbons (Fsp3) is 0.263. The Morgan fingerprint density at radius 1 is 1.03 bits per heavy atom. The summed E-state index contributed by atoms with van der Waals surface area (Å²) in [6.45, 7) is -0.701. The predicted octanol–water partition coefficient (Wildman–Crippen LogP) is 1.10. The quantitative estimate of drug-likeness (QED) is 0.523. The van der Waals surface area contributed by atoms with Crippen molar-refractivity contribution in [1.82, 2.24) is 16.0 Å². The van der Waals surface area contributed by atoms with Gasteiger partial charge in [0.25, 0.3) is 11.8 Å². The lowest BCUT2D eigenvalue weighted by Gasteiger charge is -2.09. The molecule has 0 spiro atoms. The van der Waals surface area contributed by atoms with Crippen LogP contribution in [0.3, 0.4) is 0 Å². The van der Waals surface area contributed by atoms with E-state index in [2.05, 4.69) is 16.0 Å².